The van der Waals surface area contributed by atoms with Crippen molar-refractivity contribution in [3.05, 3.63) is 24.3 Å². The maximum absolute atomic E-state index is 3.11. The topological polar surface area (TPSA) is 24.1 Å². The predicted octanol–water partition coefficient (Wildman–Crippen LogP) is 0.292. The van der Waals surface area contributed by atoms with Gasteiger partial charge in [-0.25, -0.2) is 0 Å². The molecule has 56 valence electrons. The average Bonchev–Trinajstić information content (AvgIpc) is 2.67. The van der Waals surface area contributed by atoms with Crippen LogP contribution in [0.4, 0.5) is 0 Å². The first-order valence-corrected chi connectivity index (χ1v) is 3.71. The van der Waals surface area contributed by atoms with Gasteiger partial charge in [-0.15, -0.1) is 0 Å². The van der Waals surface area contributed by atoms with Crippen molar-refractivity contribution in [3.8, 4) is 0 Å². The second kappa shape index (κ2) is 5.21. The molecule has 0 aromatic rings. The third-order valence-corrected chi connectivity index (χ3v) is 1.38. The summed E-state index contributed by atoms with van der Waals surface area (Å²) >= 11 is 0. The SMILES string of the molecule is C1=CCNC1.C1=CCNC1. The Hall–Kier alpha value is -0.600. The van der Waals surface area contributed by atoms with Gasteiger partial charge in [0.1, 0.15) is 0 Å². The molecule has 0 spiro atoms. The van der Waals surface area contributed by atoms with Crippen molar-refractivity contribution in [1.82, 2.24) is 10.6 Å². The Morgan fingerprint density at radius 3 is 1.00 bits per heavy atom. The van der Waals surface area contributed by atoms with Crippen LogP contribution in [0.1, 0.15) is 0 Å². The maximum atomic E-state index is 3.11. The first-order valence-electron chi connectivity index (χ1n) is 3.71. The molecule has 0 radical (unpaired) electrons. The molecule has 0 unspecified atom stereocenters. The van der Waals surface area contributed by atoms with Crippen molar-refractivity contribution >= 4 is 0 Å². The van der Waals surface area contributed by atoms with E-state index in [1.165, 1.54) is 0 Å². The van der Waals surface area contributed by atoms with Crippen molar-refractivity contribution in [2.75, 3.05) is 26.2 Å². The van der Waals surface area contributed by atoms with Gasteiger partial charge >= 0.3 is 0 Å². The minimum Gasteiger partial charge on any atom is -0.310 e. The summed E-state index contributed by atoms with van der Waals surface area (Å²) in [5.74, 6) is 0. The largest absolute Gasteiger partial charge is 0.310 e. The summed E-state index contributed by atoms with van der Waals surface area (Å²) in [4.78, 5) is 0. The van der Waals surface area contributed by atoms with Gasteiger partial charge in [0.05, 0.1) is 0 Å². The molecule has 2 N–H and O–H groups in total. The summed E-state index contributed by atoms with van der Waals surface area (Å²) in [6.07, 6.45) is 8.50. The fraction of sp³-hybridized carbons (Fsp3) is 0.500. The van der Waals surface area contributed by atoms with E-state index in [-0.39, 0.29) is 0 Å². The zero-order valence-electron chi connectivity index (χ0n) is 6.14. The van der Waals surface area contributed by atoms with E-state index in [2.05, 4.69) is 34.9 Å². The van der Waals surface area contributed by atoms with Gasteiger partial charge < -0.3 is 10.6 Å². The standard InChI is InChI=1S/2C4H7N/c2*1-2-4-5-3-1/h2*1-2,5H,3-4H2. The molecule has 0 fully saturated rings. The molecule has 0 saturated heterocycles. The maximum Gasteiger partial charge on any atom is 0.0138 e. The summed E-state index contributed by atoms with van der Waals surface area (Å²) < 4.78 is 0. The summed E-state index contributed by atoms with van der Waals surface area (Å²) in [6, 6.07) is 0. The molecule has 2 heterocycles. The molecular formula is C8H14N2. The molecule has 0 aromatic carbocycles. The van der Waals surface area contributed by atoms with Crippen LogP contribution in [-0.2, 0) is 0 Å². The quantitative estimate of drug-likeness (QED) is 0.470. The third kappa shape index (κ3) is 3.43. The molecule has 0 aliphatic carbocycles. The highest BCUT2D eigenvalue weighted by molar-refractivity contribution is 4.92. The number of rotatable bonds is 0. The van der Waals surface area contributed by atoms with Crippen LogP contribution < -0.4 is 10.6 Å². The van der Waals surface area contributed by atoms with E-state index in [0.29, 0.717) is 0 Å². The van der Waals surface area contributed by atoms with Crippen LogP contribution in [-0.4, -0.2) is 26.2 Å². The monoisotopic (exact) mass is 138 g/mol. The molecular weight excluding hydrogens is 124 g/mol. The smallest absolute Gasteiger partial charge is 0.0138 e. The normalized spacial score (nSPS) is 20.8. The fourth-order valence-corrected chi connectivity index (χ4v) is 0.833. The molecule has 2 aliphatic heterocycles. The summed E-state index contributed by atoms with van der Waals surface area (Å²) in [5, 5.41) is 6.22. The predicted molar refractivity (Wildman–Crippen MR) is 44.0 cm³/mol. The Kier molecular flexibility index (Phi) is 3.91. The Balaban J connectivity index is 0.0000001000. The molecule has 2 rings (SSSR count). The van der Waals surface area contributed by atoms with Crippen LogP contribution in [0, 0.1) is 0 Å². The van der Waals surface area contributed by atoms with Gasteiger partial charge in [-0.1, -0.05) is 24.3 Å². The van der Waals surface area contributed by atoms with Crippen molar-refractivity contribution in [3.63, 3.8) is 0 Å². The highest BCUT2D eigenvalue weighted by atomic mass is 14.9. The highest BCUT2D eigenvalue weighted by Crippen LogP contribution is 1.75. The molecule has 0 bridgehead atoms. The molecule has 2 aliphatic rings. The summed E-state index contributed by atoms with van der Waals surface area (Å²) in [7, 11) is 0. The van der Waals surface area contributed by atoms with Gasteiger partial charge in [0.15, 0.2) is 0 Å². The van der Waals surface area contributed by atoms with Crippen molar-refractivity contribution in [2.45, 2.75) is 0 Å². The van der Waals surface area contributed by atoms with Gasteiger partial charge in [0.2, 0.25) is 0 Å². The van der Waals surface area contributed by atoms with E-state index in [4.69, 9.17) is 0 Å². The van der Waals surface area contributed by atoms with Crippen LogP contribution in [0.3, 0.4) is 0 Å². The Morgan fingerprint density at radius 2 is 0.900 bits per heavy atom. The first-order chi connectivity index (χ1) is 5.00. The third-order valence-electron chi connectivity index (χ3n) is 1.38. The summed E-state index contributed by atoms with van der Waals surface area (Å²) in [6.45, 7) is 4.28. The van der Waals surface area contributed by atoms with E-state index in [1.807, 2.05) is 0 Å². The van der Waals surface area contributed by atoms with Gasteiger partial charge in [-0.2, -0.15) is 0 Å². The molecule has 10 heavy (non-hydrogen) atoms. The number of hydrogen-bond donors (Lipinski definition) is 2. The van der Waals surface area contributed by atoms with Crippen molar-refractivity contribution < 1.29 is 0 Å². The van der Waals surface area contributed by atoms with Crippen LogP contribution in [0.5, 0.6) is 0 Å². The minimum absolute atomic E-state index is 1.07. The lowest BCUT2D eigenvalue weighted by Crippen LogP contribution is -2.04. The van der Waals surface area contributed by atoms with Gasteiger partial charge in [-0.3, -0.25) is 0 Å². The van der Waals surface area contributed by atoms with E-state index in [0.717, 1.165) is 26.2 Å². The Labute approximate surface area is 62.0 Å². The van der Waals surface area contributed by atoms with Crippen molar-refractivity contribution in [1.29, 1.82) is 0 Å². The molecule has 0 amide bonds. The highest BCUT2D eigenvalue weighted by Gasteiger charge is 1.82. The van der Waals surface area contributed by atoms with E-state index in [1.54, 1.807) is 0 Å². The molecule has 2 nitrogen and oxygen atoms in total. The van der Waals surface area contributed by atoms with Crippen molar-refractivity contribution in [2.24, 2.45) is 0 Å². The molecule has 0 aromatic heterocycles. The number of nitrogens with one attached hydrogen (secondary N) is 2. The van der Waals surface area contributed by atoms with Crippen LogP contribution in [0.2, 0.25) is 0 Å². The lowest BCUT2D eigenvalue weighted by atomic mass is 10.6. The zero-order chi connectivity index (χ0) is 7.07. The van der Waals surface area contributed by atoms with Gasteiger partial charge in [0.25, 0.3) is 0 Å². The second-order valence-electron chi connectivity index (χ2n) is 2.26. The number of hydrogen-bond acceptors (Lipinski definition) is 2. The van der Waals surface area contributed by atoms with Crippen LogP contribution in [0.15, 0.2) is 24.3 Å². The zero-order valence-corrected chi connectivity index (χ0v) is 6.14. The lowest BCUT2D eigenvalue weighted by molar-refractivity contribution is 0.892. The Bertz CT molecular complexity index is 99.2. The molecule has 2 heteroatoms. The van der Waals surface area contributed by atoms with Crippen LogP contribution in [0.25, 0.3) is 0 Å². The van der Waals surface area contributed by atoms with Gasteiger partial charge in [-0.05, 0) is 0 Å². The van der Waals surface area contributed by atoms with E-state index < -0.39 is 0 Å². The molecule has 0 atom stereocenters. The fourth-order valence-electron chi connectivity index (χ4n) is 0.833. The first kappa shape index (κ1) is 7.51. The van der Waals surface area contributed by atoms with Crippen LogP contribution >= 0.6 is 0 Å². The van der Waals surface area contributed by atoms with E-state index >= 15 is 0 Å². The average molecular weight is 138 g/mol. The minimum atomic E-state index is 1.07. The van der Waals surface area contributed by atoms with Gasteiger partial charge in [0, 0.05) is 26.2 Å². The Morgan fingerprint density at radius 1 is 0.600 bits per heavy atom. The lowest BCUT2D eigenvalue weighted by Gasteiger charge is -1.77. The van der Waals surface area contributed by atoms with E-state index in [9.17, 15) is 0 Å². The molecule has 0 saturated carbocycles. The summed E-state index contributed by atoms with van der Waals surface area (Å²) in [5.41, 5.74) is 0. The second-order valence-corrected chi connectivity index (χ2v) is 2.26.